The molecule has 9 heteroatoms. The van der Waals surface area contributed by atoms with Crippen LogP contribution in [-0.4, -0.2) is 54.9 Å². The fourth-order valence-corrected chi connectivity index (χ4v) is 4.08. The molecule has 1 fully saturated rings. The third-order valence-electron chi connectivity index (χ3n) is 5.78. The Morgan fingerprint density at radius 1 is 1.09 bits per heavy atom. The zero-order valence-electron chi connectivity index (χ0n) is 20.0. The summed E-state index contributed by atoms with van der Waals surface area (Å²) in [5.41, 5.74) is 1.26. The van der Waals surface area contributed by atoms with Gasteiger partial charge in [0.1, 0.15) is 11.3 Å². The van der Waals surface area contributed by atoms with Gasteiger partial charge in [-0.1, -0.05) is 0 Å². The zero-order chi connectivity index (χ0) is 24.1. The van der Waals surface area contributed by atoms with Crippen LogP contribution >= 0.6 is 0 Å². The van der Waals surface area contributed by atoms with Crippen molar-refractivity contribution in [3.05, 3.63) is 66.4 Å². The first-order chi connectivity index (χ1) is 16.3. The fourth-order valence-electron chi connectivity index (χ4n) is 4.08. The number of carbonyl (C=O) groups excluding carboxylic acids is 2. The van der Waals surface area contributed by atoms with Gasteiger partial charge in [0.05, 0.1) is 0 Å². The second-order valence-electron chi connectivity index (χ2n) is 9.52. The second-order valence-corrected chi connectivity index (χ2v) is 9.52. The lowest BCUT2D eigenvalue weighted by molar-refractivity contribution is 0.0187. The average Bonchev–Trinajstić information content (AvgIpc) is 3.47. The maximum absolute atomic E-state index is 13.0. The molecule has 0 aromatic carbocycles. The van der Waals surface area contributed by atoms with E-state index in [1.165, 1.54) is 5.56 Å². The van der Waals surface area contributed by atoms with E-state index in [1.807, 2.05) is 66.7 Å². The summed E-state index contributed by atoms with van der Waals surface area (Å²) >= 11 is 0. The maximum atomic E-state index is 13.0. The molecule has 1 saturated heterocycles. The number of hydrogen-bond acceptors (Lipinski definition) is 5. The summed E-state index contributed by atoms with van der Waals surface area (Å²) in [4.78, 5) is 31.1. The third kappa shape index (κ3) is 6.03. The van der Waals surface area contributed by atoms with Gasteiger partial charge in [-0.2, -0.15) is 5.10 Å². The number of ether oxygens (including phenoxy) is 1. The lowest BCUT2D eigenvalue weighted by atomic mass is 10.0. The first kappa shape index (κ1) is 23.5. The highest BCUT2D eigenvalue weighted by molar-refractivity contribution is 6.02. The lowest BCUT2D eigenvalue weighted by Crippen LogP contribution is -2.42. The van der Waals surface area contributed by atoms with Crippen molar-refractivity contribution in [2.75, 3.05) is 18.4 Å². The smallest absolute Gasteiger partial charge is 0.410 e. The van der Waals surface area contributed by atoms with Crippen LogP contribution in [0.4, 0.5) is 10.6 Å². The Kier molecular flexibility index (Phi) is 7.00. The first-order valence-electron chi connectivity index (χ1n) is 11.7. The van der Waals surface area contributed by atoms with Crippen LogP contribution in [0.15, 0.2) is 55.1 Å². The van der Waals surface area contributed by atoms with Crippen LogP contribution in [0.1, 0.15) is 55.7 Å². The lowest BCUT2D eigenvalue weighted by Gasteiger charge is -2.34. The maximum Gasteiger partial charge on any atom is 0.410 e. The fraction of sp³-hybridized carbons (Fsp3) is 0.440. The molecule has 1 N–H and O–H groups in total. The van der Waals surface area contributed by atoms with E-state index < -0.39 is 5.60 Å². The van der Waals surface area contributed by atoms with Gasteiger partial charge < -0.3 is 19.5 Å². The summed E-state index contributed by atoms with van der Waals surface area (Å²) < 4.78 is 9.30. The van der Waals surface area contributed by atoms with E-state index in [2.05, 4.69) is 15.4 Å². The van der Waals surface area contributed by atoms with Crippen molar-refractivity contribution >= 4 is 17.8 Å². The van der Waals surface area contributed by atoms with Crippen molar-refractivity contribution in [3.63, 3.8) is 0 Å². The molecule has 0 radical (unpaired) electrons. The normalized spacial score (nSPS) is 14.7. The highest BCUT2D eigenvalue weighted by atomic mass is 16.6. The number of nitrogens with one attached hydrogen (secondary N) is 1. The van der Waals surface area contributed by atoms with Crippen molar-refractivity contribution in [3.8, 4) is 0 Å². The molecule has 0 unspecified atom stereocenters. The third-order valence-corrected chi connectivity index (χ3v) is 5.78. The summed E-state index contributed by atoms with van der Waals surface area (Å²) in [6.45, 7) is 7.51. The van der Waals surface area contributed by atoms with Crippen LogP contribution in [0.3, 0.4) is 0 Å². The van der Waals surface area contributed by atoms with Gasteiger partial charge >= 0.3 is 6.09 Å². The van der Waals surface area contributed by atoms with Gasteiger partial charge in [0.2, 0.25) is 0 Å². The number of anilines is 1. The van der Waals surface area contributed by atoms with Crippen LogP contribution in [0.5, 0.6) is 0 Å². The summed E-state index contributed by atoms with van der Waals surface area (Å²) in [6.07, 6.45) is 9.42. The molecule has 0 bridgehead atoms. The van der Waals surface area contributed by atoms with Crippen molar-refractivity contribution < 1.29 is 14.3 Å². The molecule has 9 nitrogen and oxygen atoms in total. The Balaban J connectivity index is 1.32. The topological polar surface area (TPSA) is 94.3 Å². The Labute approximate surface area is 199 Å². The van der Waals surface area contributed by atoms with Gasteiger partial charge in [-0.3, -0.25) is 14.5 Å². The number of carbonyl (C=O) groups is 2. The number of rotatable bonds is 6. The number of aryl methyl sites for hydroxylation is 2. The number of pyridine rings is 1. The number of nitrogens with zero attached hydrogens (tertiary/aromatic N) is 5. The van der Waals surface area contributed by atoms with E-state index >= 15 is 0 Å². The van der Waals surface area contributed by atoms with Crippen molar-refractivity contribution in [2.24, 2.45) is 0 Å². The van der Waals surface area contributed by atoms with E-state index in [0.717, 1.165) is 19.3 Å². The highest BCUT2D eigenvalue weighted by Crippen LogP contribution is 2.26. The molecule has 3 aromatic rings. The monoisotopic (exact) mass is 464 g/mol. The van der Waals surface area contributed by atoms with Gasteiger partial charge in [-0.05, 0) is 69.9 Å². The Hall–Kier alpha value is -3.62. The van der Waals surface area contributed by atoms with Gasteiger partial charge in [0.25, 0.3) is 5.91 Å². The molecule has 0 spiro atoms. The number of likely N-dealkylation sites (tertiary alicyclic amines) is 1. The summed E-state index contributed by atoms with van der Waals surface area (Å²) in [7, 11) is 0. The first-order valence-corrected chi connectivity index (χ1v) is 11.7. The van der Waals surface area contributed by atoms with Crippen LogP contribution in [0.25, 0.3) is 0 Å². The van der Waals surface area contributed by atoms with Gasteiger partial charge in [-0.25, -0.2) is 4.79 Å². The van der Waals surface area contributed by atoms with Crippen molar-refractivity contribution in [1.82, 2.24) is 24.2 Å². The molecule has 0 saturated carbocycles. The summed E-state index contributed by atoms with van der Waals surface area (Å²) in [6, 6.07) is 9.61. The summed E-state index contributed by atoms with van der Waals surface area (Å²) in [5, 5.41) is 7.39. The van der Waals surface area contributed by atoms with Crippen molar-refractivity contribution in [2.45, 2.75) is 58.2 Å². The zero-order valence-corrected chi connectivity index (χ0v) is 20.0. The van der Waals surface area contributed by atoms with Crippen LogP contribution in [0.2, 0.25) is 0 Å². The number of aromatic nitrogens is 4. The van der Waals surface area contributed by atoms with Crippen LogP contribution < -0.4 is 5.32 Å². The number of hydrogen-bond donors (Lipinski definition) is 1. The molecule has 1 aliphatic rings. The second kappa shape index (κ2) is 10.1. The van der Waals surface area contributed by atoms with E-state index in [1.54, 1.807) is 23.4 Å². The minimum absolute atomic E-state index is 0.146. The van der Waals surface area contributed by atoms with Crippen LogP contribution in [-0.2, 0) is 17.7 Å². The standard InChI is InChI=1S/C25H32N6O3/c1-25(2,3)34-24(33)29-15-9-20(10-16-29)31-14-4-5-21(31)23(32)27-22-11-18-30(28-22)17-8-19-6-12-26-13-7-19/h4-7,11-14,18,20H,8-10,15-17H2,1-3H3,(H,27,28,32). The molecule has 0 aliphatic carbocycles. The van der Waals surface area contributed by atoms with E-state index in [9.17, 15) is 9.59 Å². The van der Waals surface area contributed by atoms with Crippen molar-refractivity contribution in [1.29, 1.82) is 0 Å². The Morgan fingerprint density at radius 3 is 2.53 bits per heavy atom. The van der Waals surface area contributed by atoms with E-state index in [0.29, 0.717) is 31.1 Å². The number of amides is 2. The SMILES string of the molecule is CC(C)(C)OC(=O)N1CCC(n2cccc2C(=O)Nc2ccn(CCc3ccncc3)n2)CC1. The molecule has 3 aromatic heterocycles. The highest BCUT2D eigenvalue weighted by Gasteiger charge is 2.28. The summed E-state index contributed by atoms with van der Waals surface area (Å²) in [5.74, 6) is 0.325. The Bertz CT molecular complexity index is 1110. The molecule has 0 atom stereocenters. The molecule has 4 rings (SSSR count). The minimum atomic E-state index is -0.508. The number of piperidine rings is 1. The molecule has 1 aliphatic heterocycles. The predicted octanol–water partition coefficient (Wildman–Crippen LogP) is 4.15. The molecule has 4 heterocycles. The van der Waals surface area contributed by atoms with E-state index in [-0.39, 0.29) is 18.0 Å². The average molecular weight is 465 g/mol. The van der Waals surface area contributed by atoms with Gasteiger partial charge in [0, 0.05) is 56.5 Å². The van der Waals surface area contributed by atoms with Gasteiger partial charge in [-0.15, -0.1) is 0 Å². The quantitative estimate of drug-likeness (QED) is 0.592. The predicted molar refractivity (Wildman–Crippen MR) is 129 cm³/mol. The minimum Gasteiger partial charge on any atom is -0.444 e. The van der Waals surface area contributed by atoms with Crippen LogP contribution in [0, 0.1) is 0 Å². The molecule has 2 amide bonds. The van der Waals surface area contributed by atoms with Gasteiger partial charge in [0.15, 0.2) is 5.82 Å². The molecule has 34 heavy (non-hydrogen) atoms. The Morgan fingerprint density at radius 2 is 1.82 bits per heavy atom. The molecular formula is C25H32N6O3. The largest absolute Gasteiger partial charge is 0.444 e. The van der Waals surface area contributed by atoms with E-state index in [4.69, 9.17) is 4.74 Å². The molecule has 180 valence electrons. The molecular weight excluding hydrogens is 432 g/mol.